The van der Waals surface area contributed by atoms with Gasteiger partial charge in [0.2, 0.25) is 0 Å². The van der Waals surface area contributed by atoms with Gasteiger partial charge in [-0.2, -0.15) is 10.2 Å². The van der Waals surface area contributed by atoms with E-state index in [0.717, 1.165) is 23.4 Å². The molecule has 2 amide bonds. The first kappa shape index (κ1) is 19.6. The van der Waals surface area contributed by atoms with Gasteiger partial charge in [0, 0.05) is 50.6 Å². The van der Waals surface area contributed by atoms with Gasteiger partial charge in [-0.05, 0) is 6.92 Å². The van der Waals surface area contributed by atoms with Crippen molar-refractivity contribution in [3.8, 4) is 11.3 Å². The van der Waals surface area contributed by atoms with E-state index >= 15 is 0 Å². The minimum atomic E-state index is -0.205. The lowest BCUT2D eigenvalue weighted by atomic mass is 10.2. The Morgan fingerprint density at radius 1 is 1.29 bits per heavy atom. The van der Waals surface area contributed by atoms with Crippen molar-refractivity contribution in [1.82, 2.24) is 24.5 Å². The zero-order chi connectivity index (χ0) is 19.9. The van der Waals surface area contributed by atoms with Gasteiger partial charge in [0.15, 0.2) is 0 Å². The molecule has 3 rings (SSSR count). The van der Waals surface area contributed by atoms with Gasteiger partial charge < -0.3 is 9.64 Å². The van der Waals surface area contributed by atoms with E-state index in [4.69, 9.17) is 4.74 Å². The summed E-state index contributed by atoms with van der Waals surface area (Å²) in [4.78, 5) is 14.6. The average Bonchev–Trinajstić information content (AvgIpc) is 3.32. The summed E-state index contributed by atoms with van der Waals surface area (Å²) in [5, 5.41) is 11.7. The summed E-state index contributed by atoms with van der Waals surface area (Å²) in [6.45, 7) is 4.21. The maximum Gasteiger partial charge on any atom is 0.323 e. The molecule has 0 aliphatic heterocycles. The number of amides is 2. The quantitative estimate of drug-likeness (QED) is 0.650. The van der Waals surface area contributed by atoms with Gasteiger partial charge in [-0.15, -0.1) is 0 Å². The van der Waals surface area contributed by atoms with Gasteiger partial charge in [-0.1, -0.05) is 30.3 Å². The van der Waals surface area contributed by atoms with E-state index in [1.165, 1.54) is 0 Å². The fourth-order valence-electron chi connectivity index (χ4n) is 2.86. The smallest absolute Gasteiger partial charge is 0.323 e. The van der Waals surface area contributed by atoms with Crippen molar-refractivity contribution in [1.29, 1.82) is 0 Å². The Labute approximate surface area is 164 Å². The number of aryl methyl sites for hydroxylation is 2. The number of carbonyl (C=O) groups is 1. The second-order valence-electron chi connectivity index (χ2n) is 6.45. The van der Waals surface area contributed by atoms with Gasteiger partial charge in [0.05, 0.1) is 25.0 Å². The number of urea groups is 1. The van der Waals surface area contributed by atoms with Crippen LogP contribution < -0.4 is 5.32 Å². The lowest BCUT2D eigenvalue weighted by Crippen LogP contribution is -2.37. The fraction of sp³-hybridized carbons (Fsp3) is 0.350. The van der Waals surface area contributed by atoms with E-state index in [0.29, 0.717) is 25.5 Å². The number of methoxy groups -OCH3 is 1. The molecule has 0 spiro atoms. The summed E-state index contributed by atoms with van der Waals surface area (Å²) < 4.78 is 8.68. The van der Waals surface area contributed by atoms with Crippen LogP contribution in [0.4, 0.5) is 10.6 Å². The lowest BCUT2D eigenvalue weighted by molar-refractivity contribution is 0.152. The summed E-state index contributed by atoms with van der Waals surface area (Å²) in [6, 6.07) is 11.5. The summed E-state index contributed by atoms with van der Waals surface area (Å²) in [5.41, 5.74) is 2.79. The highest BCUT2D eigenvalue weighted by atomic mass is 16.5. The van der Waals surface area contributed by atoms with Crippen LogP contribution in [-0.4, -0.2) is 50.8 Å². The van der Waals surface area contributed by atoms with Gasteiger partial charge in [0.25, 0.3) is 0 Å². The van der Waals surface area contributed by atoms with E-state index in [2.05, 4.69) is 15.5 Å². The van der Waals surface area contributed by atoms with E-state index in [1.54, 1.807) is 22.9 Å². The third-order valence-electron chi connectivity index (χ3n) is 4.42. The fourth-order valence-corrected chi connectivity index (χ4v) is 2.86. The number of hydrogen-bond acceptors (Lipinski definition) is 4. The zero-order valence-corrected chi connectivity index (χ0v) is 16.5. The zero-order valence-electron chi connectivity index (χ0n) is 16.5. The van der Waals surface area contributed by atoms with Crippen LogP contribution in [0, 0.1) is 0 Å². The monoisotopic (exact) mass is 382 g/mol. The van der Waals surface area contributed by atoms with Crippen molar-refractivity contribution in [2.24, 2.45) is 7.05 Å². The minimum absolute atomic E-state index is 0.205. The molecule has 1 aromatic carbocycles. The Kier molecular flexibility index (Phi) is 6.44. The van der Waals surface area contributed by atoms with Crippen molar-refractivity contribution in [3.05, 3.63) is 54.4 Å². The molecule has 28 heavy (non-hydrogen) atoms. The van der Waals surface area contributed by atoms with Gasteiger partial charge in [0.1, 0.15) is 5.82 Å². The van der Waals surface area contributed by atoms with Crippen molar-refractivity contribution < 1.29 is 9.53 Å². The number of benzene rings is 1. The molecule has 148 valence electrons. The lowest BCUT2D eigenvalue weighted by Gasteiger charge is -2.22. The molecule has 0 aliphatic carbocycles. The van der Waals surface area contributed by atoms with Gasteiger partial charge in [-0.25, -0.2) is 4.79 Å². The Morgan fingerprint density at radius 3 is 2.75 bits per heavy atom. The van der Waals surface area contributed by atoms with E-state index in [-0.39, 0.29) is 6.03 Å². The molecule has 2 aromatic heterocycles. The molecular weight excluding hydrogens is 356 g/mol. The predicted octanol–water partition coefficient (Wildman–Crippen LogP) is 2.98. The predicted molar refractivity (Wildman–Crippen MR) is 108 cm³/mol. The molecule has 8 nitrogen and oxygen atoms in total. The van der Waals surface area contributed by atoms with Crippen LogP contribution in [0.5, 0.6) is 0 Å². The van der Waals surface area contributed by atoms with Crippen LogP contribution >= 0.6 is 0 Å². The Hall–Kier alpha value is -3.13. The Balaban J connectivity index is 1.73. The van der Waals surface area contributed by atoms with E-state index in [9.17, 15) is 4.79 Å². The van der Waals surface area contributed by atoms with Crippen molar-refractivity contribution in [3.63, 3.8) is 0 Å². The highest BCUT2D eigenvalue weighted by Gasteiger charge is 2.17. The molecule has 3 aromatic rings. The molecule has 1 N–H and O–H groups in total. The molecule has 2 heterocycles. The maximum absolute atomic E-state index is 12.9. The average molecular weight is 382 g/mol. The topological polar surface area (TPSA) is 77.2 Å². The molecule has 0 atom stereocenters. The number of nitrogens with zero attached hydrogens (tertiary/aromatic N) is 5. The van der Waals surface area contributed by atoms with Crippen LogP contribution in [-0.2, 0) is 24.9 Å². The highest BCUT2D eigenvalue weighted by molar-refractivity contribution is 5.89. The number of anilines is 1. The summed E-state index contributed by atoms with van der Waals surface area (Å²) >= 11 is 0. The molecular formula is C20H26N6O2. The number of carbonyl (C=O) groups excluding carboxylic acids is 1. The molecule has 0 bridgehead atoms. The molecule has 8 heteroatoms. The van der Waals surface area contributed by atoms with Gasteiger partial charge in [-0.3, -0.25) is 14.7 Å². The number of nitrogens with one attached hydrogen (secondary N) is 1. The molecule has 0 radical (unpaired) electrons. The molecule has 0 unspecified atom stereocenters. The van der Waals surface area contributed by atoms with Crippen LogP contribution in [0.1, 0.15) is 12.5 Å². The van der Waals surface area contributed by atoms with E-state index in [1.807, 2.05) is 61.2 Å². The number of hydrogen-bond donors (Lipinski definition) is 1. The van der Waals surface area contributed by atoms with Crippen LogP contribution in [0.15, 0.2) is 48.8 Å². The summed E-state index contributed by atoms with van der Waals surface area (Å²) in [6.07, 6.45) is 3.73. The molecule has 0 saturated heterocycles. The number of ether oxygens (including phenoxy) is 1. The Morgan fingerprint density at radius 2 is 2.07 bits per heavy atom. The number of rotatable bonds is 8. The summed E-state index contributed by atoms with van der Waals surface area (Å²) in [5.74, 6) is 0.635. The second kappa shape index (κ2) is 9.18. The first-order chi connectivity index (χ1) is 13.6. The highest BCUT2D eigenvalue weighted by Crippen LogP contribution is 2.21. The largest absolute Gasteiger partial charge is 0.383 e. The maximum atomic E-state index is 12.9. The van der Waals surface area contributed by atoms with Crippen molar-refractivity contribution in [2.45, 2.75) is 20.0 Å². The molecule has 0 saturated carbocycles. The van der Waals surface area contributed by atoms with Crippen LogP contribution in [0.2, 0.25) is 0 Å². The molecule has 0 aliphatic rings. The van der Waals surface area contributed by atoms with Crippen LogP contribution in [0.25, 0.3) is 11.3 Å². The minimum Gasteiger partial charge on any atom is -0.383 e. The summed E-state index contributed by atoms with van der Waals surface area (Å²) in [7, 11) is 3.44. The van der Waals surface area contributed by atoms with Gasteiger partial charge >= 0.3 is 6.03 Å². The number of aromatic nitrogens is 4. The molecule has 0 fully saturated rings. The third-order valence-corrected chi connectivity index (χ3v) is 4.42. The Bertz CT molecular complexity index is 903. The van der Waals surface area contributed by atoms with E-state index < -0.39 is 0 Å². The third kappa shape index (κ3) is 4.77. The SMILES string of the molecule is CCn1cc(CN(CCOC)C(=O)Nc2cc(-c3ccccc3)nn2C)cn1. The standard InChI is InChI=1S/C20H26N6O2/c1-4-26-15-16(13-21-26)14-25(10-11-28-3)20(27)22-19-12-18(23-24(19)2)17-8-6-5-7-9-17/h5-9,12-13,15H,4,10-11,14H2,1-3H3,(H,22,27). The first-order valence-electron chi connectivity index (χ1n) is 9.26. The first-order valence-corrected chi connectivity index (χ1v) is 9.26. The second-order valence-corrected chi connectivity index (χ2v) is 6.45. The van der Waals surface area contributed by atoms with Crippen molar-refractivity contribution >= 4 is 11.8 Å². The van der Waals surface area contributed by atoms with Crippen molar-refractivity contribution in [2.75, 3.05) is 25.6 Å². The normalized spacial score (nSPS) is 10.8. The van der Waals surface area contributed by atoms with Crippen LogP contribution in [0.3, 0.4) is 0 Å².